The molecule has 2 amide bonds. The number of anilines is 1. The summed E-state index contributed by atoms with van der Waals surface area (Å²) in [5.74, 6) is 11.5. The molecule has 2 rings (SSSR count). The van der Waals surface area contributed by atoms with Crippen LogP contribution in [-0.4, -0.2) is 6.03 Å². The second-order valence-corrected chi connectivity index (χ2v) is 6.55. The molecule has 0 aliphatic carbocycles. The lowest BCUT2D eigenvalue weighted by molar-refractivity contribution is 0.246. The molecule has 2 aromatic carbocycles. The van der Waals surface area contributed by atoms with Gasteiger partial charge in [-0.3, -0.25) is 5.43 Å². The van der Waals surface area contributed by atoms with Gasteiger partial charge in [-0.1, -0.05) is 59.6 Å². The number of urea groups is 1. The Morgan fingerprint density at radius 3 is 2.54 bits per heavy atom. The maximum atomic E-state index is 11.6. The van der Waals surface area contributed by atoms with E-state index in [2.05, 4.69) is 15.9 Å². The fourth-order valence-corrected chi connectivity index (χ4v) is 3.77. The third-order valence-electron chi connectivity index (χ3n) is 2.90. The van der Waals surface area contributed by atoms with Crippen LogP contribution < -0.4 is 22.1 Å². The smallest absolute Gasteiger partial charge is 0.274 e. The number of amides is 2. The number of hydrogen-bond donors (Lipinski definition) is 3. The molecule has 0 fully saturated rings. The van der Waals surface area contributed by atoms with Crippen LogP contribution in [0.2, 0.25) is 5.02 Å². The van der Waals surface area contributed by atoms with E-state index in [1.807, 2.05) is 49.6 Å². The maximum absolute atomic E-state index is 11.6. The number of halogens is 2. The van der Waals surface area contributed by atoms with Crippen molar-refractivity contribution < 1.29 is 4.79 Å². The zero-order valence-corrected chi connectivity index (χ0v) is 16.6. The van der Waals surface area contributed by atoms with Gasteiger partial charge in [-0.15, -0.1) is 11.8 Å². The minimum atomic E-state index is -0.595. The van der Waals surface area contributed by atoms with Crippen LogP contribution in [0, 0.1) is 0 Å². The molecular formula is C16H20BrClN4OS. The van der Waals surface area contributed by atoms with Gasteiger partial charge in [-0.25, -0.2) is 21.5 Å². The molecule has 0 aliphatic heterocycles. The summed E-state index contributed by atoms with van der Waals surface area (Å²) in [6.07, 6.45) is 0. The van der Waals surface area contributed by atoms with E-state index in [1.54, 1.807) is 23.9 Å². The summed E-state index contributed by atoms with van der Waals surface area (Å²) >= 11 is 11.2. The first-order valence-electron chi connectivity index (χ1n) is 7.24. The highest BCUT2D eigenvalue weighted by molar-refractivity contribution is 9.10. The number of hydrogen-bond acceptors (Lipinski definition) is 4. The first kappa shape index (κ1) is 20.8. The number of thioether (sulfide) groups is 1. The zero-order valence-electron chi connectivity index (χ0n) is 13.4. The second-order valence-electron chi connectivity index (χ2n) is 4.28. The van der Waals surface area contributed by atoms with E-state index < -0.39 is 6.03 Å². The lowest BCUT2D eigenvalue weighted by atomic mass is 10.2. The van der Waals surface area contributed by atoms with Crippen molar-refractivity contribution in [2.24, 2.45) is 11.7 Å². The molecule has 0 saturated heterocycles. The van der Waals surface area contributed by atoms with Gasteiger partial charge in [0.05, 0.1) is 10.7 Å². The number of carbonyl (C=O) groups excluding carboxylic acids is 1. The quantitative estimate of drug-likeness (QED) is 0.284. The number of nitrogens with two attached hydrogens (primary N) is 2. The fourth-order valence-electron chi connectivity index (χ4n) is 1.81. The molecule has 0 radical (unpaired) electrons. The van der Waals surface area contributed by atoms with E-state index in [0.717, 1.165) is 19.9 Å². The van der Waals surface area contributed by atoms with E-state index in [-0.39, 0.29) is 0 Å². The van der Waals surface area contributed by atoms with Crippen LogP contribution in [0.15, 0.2) is 51.8 Å². The molecule has 0 heterocycles. The van der Waals surface area contributed by atoms with Crippen LogP contribution in [0.4, 0.5) is 10.5 Å². The maximum Gasteiger partial charge on any atom is 0.350 e. The van der Waals surface area contributed by atoms with Crippen LogP contribution >= 0.6 is 39.3 Å². The Morgan fingerprint density at radius 1 is 1.25 bits per heavy atom. The number of benzene rings is 2. The van der Waals surface area contributed by atoms with Crippen LogP contribution in [0.1, 0.15) is 19.4 Å². The first-order chi connectivity index (χ1) is 11.5. The summed E-state index contributed by atoms with van der Waals surface area (Å²) in [7, 11) is 0. The molecule has 5 nitrogen and oxygen atoms in total. The first-order valence-corrected chi connectivity index (χ1v) is 9.40. The standard InChI is InChI=1S/C14H14BrClN4OS.C2H6/c15-10-4-3-6-12(20(18)14(21)19-17)9(10)8-22-13-7-2-1-5-11(13)16;1-2/h1-7H,8,17-18H2,(H,19,21);1-2H3. The minimum Gasteiger partial charge on any atom is -0.274 e. The van der Waals surface area contributed by atoms with Gasteiger partial charge >= 0.3 is 6.03 Å². The molecule has 5 N–H and O–H groups in total. The second kappa shape index (κ2) is 10.6. The number of carbonyl (C=O) groups is 1. The third kappa shape index (κ3) is 5.39. The summed E-state index contributed by atoms with van der Waals surface area (Å²) in [5.41, 5.74) is 3.45. The summed E-state index contributed by atoms with van der Waals surface area (Å²) in [6.45, 7) is 4.00. The monoisotopic (exact) mass is 430 g/mol. The molecule has 0 unspecified atom stereocenters. The fraction of sp³-hybridized carbons (Fsp3) is 0.188. The van der Waals surface area contributed by atoms with Gasteiger partial charge in [0.15, 0.2) is 0 Å². The van der Waals surface area contributed by atoms with E-state index in [4.69, 9.17) is 23.3 Å². The lowest BCUT2D eigenvalue weighted by Crippen LogP contribution is -2.48. The topological polar surface area (TPSA) is 84.4 Å². The highest BCUT2D eigenvalue weighted by atomic mass is 79.9. The molecule has 0 aliphatic rings. The van der Waals surface area contributed by atoms with Crippen molar-refractivity contribution in [3.05, 3.63) is 57.5 Å². The van der Waals surface area contributed by atoms with Crippen molar-refractivity contribution in [2.75, 3.05) is 5.01 Å². The Morgan fingerprint density at radius 2 is 1.92 bits per heavy atom. The van der Waals surface area contributed by atoms with Crippen molar-refractivity contribution in [3.63, 3.8) is 0 Å². The zero-order chi connectivity index (χ0) is 18.1. The predicted molar refractivity (Wildman–Crippen MR) is 106 cm³/mol. The molecule has 130 valence electrons. The van der Waals surface area contributed by atoms with E-state index in [1.165, 1.54) is 0 Å². The number of nitrogens with one attached hydrogen (secondary N) is 1. The van der Waals surface area contributed by atoms with Crippen molar-refractivity contribution >= 4 is 51.0 Å². The van der Waals surface area contributed by atoms with Gasteiger partial charge in [0, 0.05) is 20.7 Å². The van der Waals surface area contributed by atoms with Gasteiger partial charge in [-0.2, -0.15) is 0 Å². The summed E-state index contributed by atoms with van der Waals surface area (Å²) in [4.78, 5) is 12.6. The summed E-state index contributed by atoms with van der Waals surface area (Å²) in [5, 5.41) is 1.66. The summed E-state index contributed by atoms with van der Waals surface area (Å²) < 4.78 is 0.852. The van der Waals surface area contributed by atoms with Crippen LogP contribution in [0.5, 0.6) is 0 Å². The molecule has 0 atom stereocenters. The summed E-state index contributed by atoms with van der Waals surface area (Å²) in [6, 6.07) is 12.4. The Labute approximate surface area is 159 Å². The van der Waals surface area contributed by atoms with Crippen molar-refractivity contribution in [2.45, 2.75) is 24.5 Å². The third-order valence-corrected chi connectivity index (χ3v) is 5.19. The minimum absolute atomic E-state index is 0.567. The van der Waals surface area contributed by atoms with Gasteiger partial charge in [-0.05, 0) is 24.3 Å². The number of nitrogens with zero attached hydrogens (tertiary/aromatic N) is 1. The van der Waals surface area contributed by atoms with E-state index in [0.29, 0.717) is 16.5 Å². The van der Waals surface area contributed by atoms with Gasteiger partial charge < -0.3 is 0 Å². The largest absolute Gasteiger partial charge is 0.350 e. The van der Waals surface area contributed by atoms with E-state index in [9.17, 15) is 4.79 Å². The van der Waals surface area contributed by atoms with E-state index >= 15 is 0 Å². The van der Waals surface area contributed by atoms with Gasteiger partial charge in [0.25, 0.3) is 0 Å². The molecular weight excluding hydrogens is 412 g/mol. The number of hydrazine groups is 2. The molecule has 0 saturated carbocycles. The SMILES string of the molecule is CC.NNC(=O)N(N)c1cccc(Br)c1CSc1ccccc1Cl. The average Bonchev–Trinajstić information content (AvgIpc) is 2.62. The van der Waals surface area contributed by atoms with Crippen molar-refractivity contribution in [1.29, 1.82) is 0 Å². The Kier molecular flexibility index (Phi) is 9.17. The predicted octanol–water partition coefficient (Wildman–Crippen LogP) is 4.68. The van der Waals surface area contributed by atoms with Gasteiger partial charge in [0.1, 0.15) is 0 Å². The van der Waals surface area contributed by atoms with Crippen LogP contribution in [0.3, 0.4) is 0 Å². The Bertz CT molecular complexity index is 687. The van der Waals surface area contributed by atoms with Crippen LogP contribution in [0.25, 0.3) is 0 Å². The molecule has 8 heteroatoms. The Balaban J connectivity index is 0.00000139. The highest BCUT2D eigenvalue weighted by Gasteiger charge is 2.16. The molecule has 24 heavy (non-hydrogen) atoms. The van der Waals surface area contributed by atoms with Crippen LogP contribution in [-0.2, 0) is 5.75 Å². The van der Waals surface area contributed by atoms with Crippen molar-refractivity contribution in [1.82, 2.24) is 5.43 Å². The molecule has 2 aromatic rings. The van der Waals surface area contributed by atoms with Gasteiger partial charge in [0.2, 0.25) is 0 Å². The van der Waals surface area contributed by atoms with Crippen molar-refractivity contribution in [3.8, 4) is 0 Å². The highest BCUT2D eigenvalue weighted by Crippen LogP contribution is 2.35. The average molecular weight is 432 g/mol. The number of rotatable bonds is 4. The molecule has 0 spiro atoms. The molecule has 0 aromatic heterocycles. The normalized spacial score (nSPS) is 9.75. The Hall–Kier alpha value is -1.25. The molecule has 0 bridgehead atoms. The lowest BCUT2D eigenvalue weighted by Gasteiger charge is -2.20.